The number of nitrogens with zero attached hydrogens (tertiary/aromatic N) is 4. The fourth-order valence-corrected chi connectivity index (χ4v) is 3.53. The smallest absolute Gasteiger partial charge is 0.134 e. The fraction of sp³-hybridized carbons (Fsp3) is 0.316. The van der Waals surface area contributed by atoms with Crippen LogP contribution >= 0.6 is 0 Å². The second-order valence-corrected chi connectivity index (χ2v) is 6.65. The summed E-state index contributed by atoms with van der Waals surface area (Å²) in [5.74, 6) is 1.80. The van der Waals surface area contributed by atoms with Crippen molar-refractivity contribution in [2.24, 2.45) is 0 Å². The minimum absolute atomic E-state index is 0.392. The Kier molecular flexibility index (Phi) is 4.09. The maximum absolute atomic E-state index is 5.81. The van der Waals surface area contributed by atoms with Crippen LogP contribution in [0.15, 0.2) is 42.9 Å². The predicted molar refractivity (Wildman–Crippen MR) is 99.4 cm³/mol. The summed E-state index contributed by atoms with van der Waals surface area (Å²) in [5.41, 5.74) is 10.7. The Bertz CT molecular complexity index is 854. The third-order valence-electron chi connectivity index (χ3n) is 4.86. The number of rotatable bonds is 3. The lowest BCUT2D eigenvalue weighted by Crippen LogP contribution is -2.35. The molecule has 0 amide bonds. The average Bonchev–Trinajstić information content (AvgIpc) is 3.12. The standard InChI is InChI=1S/C19H22N6/c1-13-4-6-14(7-5-13)16-10-23-24-19(16)15-3-2-8-25(11-15)18-9-17(20)21-12-22-18/h4-7,9-10,12,15H,2-3,8,11H2,1H3,(H,23,24)(H2,20,21,22)/t15-/m0/s1. The molecule has 0 aliphatic carbocycles. The van der Waals surface area contributed by atoms with E-state index in [0.717, 1.165) is 31.7 Å². The van der Waals surface area contributed by atoms with Crippen molar-refractivity contribution in [2.45, 2.75) is 25.7 Å². The molecule has 0 bridgehead atoms. The van der Waals surface area contributed by atoms with E-state index in [0.29, 0.717) is 11.7 Å². The second kappa shape index (κ2) is 6.55. The van der Waals surface area contributed by atoms with Gasteiger partial charge in [-0.25, -0.2) is 9.97 Å². The lowest BCUT2D eigenvalue weighted by molar-refractivity contribution is 0.498. The van der Waals surface area contributed by atoms with Gasteiger partial charge in [0.2, 0.25) is 0 Å². The molecule has 1 aliphatic rings. The molecule has 6 heteroatoms. The van der Waals surface area contributed by atoms with Gasteiger partial charge >= 0.3 is 0 Å². The van der Waals surface area contributed by atoms with Crippen molar-refractivity contribution >= 4 is 11.6 Å². The van der Waals surface area contributed by atoms with E-state index in [1.807, 2.05) is 12.3 Å². The first-order chi connectivity index (χ1) is 12.2. The van der Waals surface area contributed by atoms with Crippen LogP contribution in [0.4, 0.5) is 11.6 Å². The molecule has 6 nitrogen and oxygen atoms in total. The molecule has 4 rings (SSSR count). The van der Waals surface area contributed by atoms with Gasteiger partial charge in [0.1, 0.15) is 18.0 Å². The number of aromatic amines is 1. The van der Waals surface area contributed by atoms with Gasteiger partial charge < -0.3 is 10.6 Å². The average molecular weight is 334 g/mol. The molecule has 0 radical (unpaired) electrons. The molecule has 1 aromatic carbocycles. The first-order valence-corrected chi connectivity index (χ1v) is 8.63. The van der Waals surface area contributed by atoms with E-state index in [-0.39, 0.29) is 0 Å². The number of hydrogen-bond acceptors (Lipinski definition) is 5. The van der Waals surface area contributed by atoms with Crippen LogP contribution in [-0.2, 0) is 0 Å². The quantitative estimate of drug-likeness (QED) is 0.769. The highest BCUT2D eigenvalue weighted by Gasteiger charge is 2.26. The zero-order valence-electron chi connectivity index (χ0n) is 14.3. The highest BCUT2D eigenvalue weighted by Crippen LogP contribution is 2.34. The van der Waals surface area contributed by atoms with E-state index < -0.39 is 0 Å². The molecular weight excluding hydrogens is 312 g/mol. The number of H-pyrrole nitrogens is 1. The van der Waals surface area contributed by atoms with Crippen molar-refractivity contribution in [1.29, 1.82) is 0 Å². The van der Waals surface area contributed by atoms with Crippen molar-refractivity contribution in [2.75, 3.05) is 23.7 Å². The number of aryl methyl sites for hydroxylation is 1. The highest BCUT2D eigenvalue weighted by molar-refractivity contribution is 5.66. The van der Waals surface area contributed by atoms with Gasteiger partial charge in [0.15, 0.2) is 0 Å². The number of benzene rings is 1. The van der Waals surface area contributed by atoms with E-state index >= 15 is 0 Å². The van der Waals surface area contributed by atoms with Crippen LogP contribution in [-0.4, -0.2) is 33.3 Å². The third-order valence-corrected chi connectivity index (χ3v) is 4.86. The molecule has 1 aliphatic heterocycles. The Balaban J connectivity index is 1.60. The molecule has 1 saturated heterocycles. The number of nitrogens with one attached hydrogen (secondary N) is 1. The van der Waals surface area contributed by atoms with Gasteiger partial charge in [0.05, 0.1) is 6.20 Å². The van der Waals surface area contributed by atoms with Crippen molar-refractivity contribution in [1.82, 2.24) is 20.2 Å². The van der Waals surface area contributed by atoms with Gasteiger partial charge in [0, 0.05) is 36.3 Å². The first kappa shape index (κ1) is 15.6. The summed E-state index contributed by atoms with van der Waals surface area (Å²) >= 11 is 0. The summed E-state index contributed by atoms with van der Waals surface area (Å²) in [6.07, 6.45) is 5.71. The number of aromatic nitrogens is 4. The minimum Gasteiger partial charge on any atom is -0.384 e. The fourth-order valence-electron chi connectivity index (χ4n) is 3.53. The lowest BCUT2D eigenvalue weighted by Gasteiger charge is -2.33. The molecule has 128 valence electrons. The minimum atomic E-state index is 0.392. The number of hydrogen-bond donors (Lipinski definition) is 2. The van der Waals surface area contributed by atoms with E-state index in [9.17, 15) is 0 Å². The van der Waals surface area contributed by atoms with Crippen molar-refractivity contribution < 1.29 is 0 Å². The third kappa shape index (κ3) is 3.20. The summed E-state index contributed by atoms with van der Waals surface area (Å²) in [6.45, 7) is 3.99. The second-order valence-electron chi connectivity index (χ2n) is 6.65. The van der Waals surface area contributed by atoms with Crippen molar-refractivity contribution in [3.05, 3.63) is 54.1 Å². The van der Waals surface area contributed by atoms with Gasteiger partial charge in [0.25, 0.3) is 0 Å². The van der Waals surface area contributed by atoms with Gasteiger partial charge in [-0.2, -0.15) is 5.10 Å². The van der Waals surface area contributed by atoms with Crippen molar-refractivity contribution in [3.8, 4) is 11.1 Å². The lowest BCUT2D eigenvalue weighted by atomic mass is 9.90. The summed E-state index contributed by atoms with van der Waals surface area (Å²) < 4.78 is 0. The van der Waals surface area contributed by atoms with Crippen LogP contribution in [0.3, 0.4) is 0 Å². The molecule has 3 N–H and O–H groups in total. The van der Waals surface area contributed by atoms with Gasteiger partial charge in [-0.3, -0.25) is 5.10 Å². The Hall–Kier alpha value is -2.89. The van der Waals surface area contributed by atoms with E-state index in [2.05, 4.69) is 56.3 Å². The molecule has 2 aromatic heterocycles. The first-order valence-electron chi connectivity index (χ1n) is 8.63. The maximum Gasteiger partial charge on any atom is 0.134 e. The molecule has 0 unspecified atom stereocenters. The molecule has 25 heavy (non-hydrogen) atoms. The Labute approximate surface area is 147 Å². The maximum atomic E-state index is 5.81. The van der Waals surface area contributed by atoms with Gasteiger partial charge in [-0.05, 0) is 25.3 Å². The SMILES string of the molecule is Cc1ccc(-c2cn[nH]c2[C@H]2CCCN(c3cc(N)ncn3)C2)cc1. The van der Waals surface area contributed by atoms with Crippen LogP contribution in [0.1, 0.15) is 30.0 Å². The van der Waals surface area contributed by atoms with Crippen LogP contribution in [0.5, 0.6) is 0 Å². The zero-order chi connectivity index (χ0) is 17.2. The predicted octanol–water partition coefficient (Wildman–Crippen LogP) is 3.14. The molecule has 1 fully saturated rings. The van der Waals surface area contributed by atoms with E-state index in [4.69, 9.17) is 5.73 Å². The Morgan fingerprint density at radius 2 is 2.04 bits per heavy atom. The largest absolute Gasteiger partial charge is 0.384 e. The topological polar surface area (TPSA) is 83.7 Å². The van der Waals surface area contributed by atoms with Crippen LogP contribution in [0, 0.1) is 6.92 Å². The summed E-state index contributed by atoms with van der Waals surface area (Å²) in [6, 6.07) is 10.5. The molecule has 0 saturated carbocycles. The zero-order valence-corrected chi connectivity index (χ0v) is 14.3. The summed E-state index contributed by atoms with van der Waals surface area (Å²) in [7, 11) is 0. The van der Waals surface area contributed by atoms with Crippen LogP contribution in [0.2, 0.25) is 0 Å². The Morgan fingerprint density at radius 3 is 2.84 bits per heavy atom. The van der Waals surface area contributed by atoms with Gasteiger partial charge in [-0.15, -0.1) is 0 Å². The molecule has 1 atom stereocenters. The van der Waals surface area contributed by atoms with Gasteiger partial charge in [-0.1, -0.05) is 29.8 Å². The molecule has 3 aromatic rings. The van der Waals surface area contributed by atoms with Crippen LogP contribution < -0.4 is 10.6 Å². The monoisotopic (exact) mass is 334 g/mol. The Morgan fingerprint density at radius 1 is 1.20 bits per heavy atom. The van der Waals surface area contributed by atoms with Crippen molar-refractivity contribution in [3.63, 3.8) is 0 Å². The van der Waals surface area contributed by atoms with Crippen LogP contribution in [0.25, 0.3) is 11.1 Å². The highest BCUT2D eigenvalue weighted by atomic mass is 15.2. The molecular formula is C19H22N6. The molecule has 0 spiro atoms. The van der Waals surface area contributed by atoms with E-state index in [1.54, 1.807) is 0 Å². The molecule has 3 heterocycles. The number of nitrogens with two attached hydrogens (primary N) is 1. The summed E-state index contributed by atoms with van der Waals surface area (Å²) in [4.78, 5) is 10.7. The van der Waals surface area contributed by atoms with E-state index in [1.165, 1.54) is 28.7 Å². The number of nitrogen functional groups attached to an aromatic ring is 1. The normalized spacial score (nSPS) is 17.6. The number of anilines is 2. The summed E-state index contributed by atoms with van der Waals surface area (Å²) in [5, 5.41) is 7.56. The number of piperidine rings is 1.